The van der Waals surface area contributed by atoms with Crippen molar-refractivity contribution < 1.29 is 0 Å². The molecule has 3 aliphatic rings. The number of rotatable bonds is 7. The van der Waals surface area contributed by atoms with Crippen LogP contribution in [0.1, 0.15) is 59.7 Å². The fourth-order valence-electron chi connectivity index (χ4n) is 11.0. The van der Waals surface area contributed by atoms with Gasteiger partial charge in [-0.3, -0.25) is 0 Å². The van der Waals surface area contributed by atoms with E-state index in [0.717, 1.165) is 48.1 Å². The zero-order valence-corrected chi connectivity index (χ0v) is 35.9. The van der Waals surface area contributed by atoms with Crippen LogP contribution in [0.2, 0.25) is 0 Å². The average Bonchev–Trinajstić information content (AvgIpc) is 4.05. The third kappa shape index (κ3) is 6.24. The first-order valence-corrected chi connectivity index (χ1v) is 22.9. The minimum Gasteiger partial charge on any atom is -0.309 e. The Balaban J connectivity index is 0.876. The van der Waals surface area contributed by atoms with Gasteiger partial charge in [-0.15, -0.1) is 0 Å². The maximum atomic E-state index is 5.09. The van der Waals surface area contributed by atoms with E-state index in [1.54, 1.807) is 0 Å². The van der Waals surface area contributed by atoms with Crippen molar-refractivity contribution in [1.82, 2.24) is 19.5 Å². The number of benzene rings is 8. The highest BCUT2D eigenvalue weighted by molar-refractivity contribution is 6.10. The van der Waals surface area contributed by atoms with E-state index in [9.17, 15) is 0 Å². The molecule has 1 fully saturated rings. The summed E-state index contributed by atoms with van der Waals surface area (Å²) in [6.07, 6.45) is 8.74. The lowest BCUT2D eigenvalue weighted by Gasteiger charge is -2.15. The predicted molar refractivity (Wildman–Crippen MR) is 267 cm³/mol. The molecule has 0 saturated heterocycles. The number of allylic oxidation sites excluding steroid dienone is 4. The van der Waals surface area contributed by atoms with E-state index in [4.69, 9.17) is 15.0 Å². The van der Waals surface area contributed by atoms with E-state index < -0.39 is 0 Å². The van der Waals surface area contributed by atoms with E-state index in [0.29, 0.717) is 23.4 Å². The number of para-hydroxylation sites is 1. The quantitative estimate of drug-likeness (QED) is 0.161. The van der Waals surface area contributed by atoms with Crippen molar-refractivity contribution in [3.8, 4) is 50.7 Å². The van der Waals surface area contributed by atoms with Crippen molar-refractivity contribution in [2.24, 2.45) is 0 Å². The highest BCUT2D eigenvalue weighted by Crippen LogP contribution is 2.70. The molecule has 0 N–H and O–H groups in total. The molecule has 65 heavy (non-hydrogen) atoms. The van der Waals surface area contributed by atoms with Crippen molar-refractivity contribution in [2.75, 3.05) is 0 Å². The first-order chi connectivity index (χ1) is 32.2. The van der Waals surface area contributed by atoms with Crippen molar-refractivity contribution in [1.29, 1.82) is 0 Å². The topological polar surface area (TPSA) is 43.6 Å². The van der Waals surface area contributed by atoms with Gasteiger partial charge in [-0.05, 0) is 124 Å². The summed E-state index contributed by atoms with van der Waals surface area (Å²) in [6.45, 7) is 0. The van der Waals surface area contributed by atoms with Gasteiger partial charge in [0.05, 0.1) is 11.0 Å². The van der Waals surface area contributed by atoms with E-state index >= 15 is 0 Å². The largest absolute Gasteiger partial charge is 0.309 e. The summed E-state index contributed by atoms with van der Waals surface area (Å²) in [5.74, 6) is 2.56. The predicted octanol–water partition coefficient (Wildman–Crippen LogP) is 15.1. The molecule has 0 aliphatic heterocycles. The molecule has 0 radical (unpaired) electrons. The molecule has 3 aliphatic carbocycles. The van der Waals surface area contributed by atoms with Crippen molar-refractivity contribution in [3.05, 3.63) is 240 Å². The molecule has 8 aromatic carbocycles. The van der Waals surface area contributed by atoms with Gasteiger partial charge in [0.15, 0.2) is 17.5 Å². The van der Waals surface area contributed by atoms with Crippen LogP contribution in [0.25, 0.3) is 83.7 Å². The van der Waals surface area contributed by atoms with E-state index in [2.05, 4.69) is 181 Å². The van der Waals surface area contributed by atoms with Gasteiger partial charge in [-0.2, -0.15) is 0 Å². The monoisotopic (exact) mass is 832 g/mol. The first-order valence-electron chi connectivity index (χ1n) is 22.9. The Morgan fingerprint density at radius 2 is 1.09 bits per heavy atom. The van der Waals surface area contributed by atoms with Crippen LogP contribution >= 0.6 is 0 Å². The van der Waals surface area contributed by atoms with Gasteiger partial charge in [0, 0.05) is 38.6 Å². The Hall–Kier alpha value is -7.95. The lowest BCUT2D eigenvalue weighted by atomic mass is 9.88. The number of hydrogen-bond donors (Lipinski definition) is 0. The molecule has 0 bridgehead atoms. The Kier molecular flexibility index (Phi) is 8.73. The Bertz CT molecular complexity index is 3490. The highest BCUT2D eigenvalue weighted by Gasteiger charge is 2.61. The summed E-state index contributed by atoms with van der Waals surface area (Å²) in [5, 5.41) is 2.49. The molecular formula is C61H44N4. The van der Waals surface area contributed by atoms with Crippen molar-refractivity contribution in [2.45, 2.75) is 37.0 Å². The number of aromatic nitrogens is 4. The summed E-state index contributed by atoms with van der Waals surface area (Å²) in [4.78, 5) is 15.1. The van der Waals surface area contributed by atoms with Crippen LogP contribution in [0.5, 0.6) is 0 Å². The molecule has 2 unspecified atom stereocenters. The third-order valence-corrected chi connectivity index (χ3v) is 14.1. The number of hydrogen-bond acceptors (Lipinski definition) is 3. The second-order valence-electron chi connectivity index (χ2n) is 17.8. The normalized spacial score (nSPS) is 17.4. The molecule has 1 spiro atoms. The Morgan fingerprint density at radius 3 is 1.89 bits per heavy atom. The van der Waals surface area contributed by atoms with Gasteiger partial charge >= 0.3 is 0 Å². The fraction of sp³-hybridized carbons (Fsp3) is 0.0984. The zero-order chi connectivity index (χ0) is 42.9. The molecule has 2 heterocycles. The molecule has 4 nitrogen and oxygen atoms in total. The van der Waals surface area contributed by atoms with E-state index in [1.807, 2.05) is 36.4 Å². The SMILES string of the molecule is C1=C(c2ccc3c(c2)c2ccccc2n3-c2cccc(-c3ccc4c(c3)-c3ccccc3C43CC3c3ccccc3)c2)CCCC=C1c1nc(-c2ccccc2)nc(-c2ccccc2)n1. The van der Waals surface area contributed by atoms with E-state index in [1.165, 1.54) is 71.9 Å². The summed E-state index contributed by atoms with van der Waals surface area (Å²) in [7, 11) is 0. The van der Waals surface area contributed by atoms with Gasteiger partial charge in [0.25, 0.3) is 0 Å². The maximum Gasteiger partial charge on any atom is 0.164 e. The van der Waals surface area contributed by atoms with Gasteiger partial charge in [-0.1, -0.05) is 170 Å². The molecule has 1 saturated carbocycles. The fourth-order valence-corrected chi connectivity index (χ4v) is 11.0. The van der Waals surface area contributed by atoms with Crippen LogP contribution in [0.3, 0.4) is 0 Å². The number of nitrogens with zero attached hydrogens (tertiary/aromatic N) is 4. The van der Waals surface area contributed by atoms with Crippen LogP contribution in [-0.4, -0.2) is 19.5 Å². The molecule has 308 valence electrons. The molecule has 2 atom stereocenters. The zero-order valence-electron chi connectivity index (χ0n) is 35.9. The minimum atomic E-state index is 0.0603. The standard InChI is InChI=1S/C61H44N4/c1-4-17-40(18-5-1)55-39-61(55)53-29-14-12-27-49(53)51-37-45(31-33-54(51)61)44-25-16-26-48(36-44)65-56-30-15-13-28-50(56)52-38-46(32-34-57(52)65)43-23-10-11-24-47(35-43)60-63-58(41-19-6-2-7-20-41)62-59(64-60)42-21-8-3-9-22-42/h1-9,12-22,24-38,55H,10-11,23,39H2. The van der Waals surface area contributed by atoms with Gasteiger partial charge < -0.3 is 4.57 Å². The van der Waals surface area contributed by atoms with Crippen molar-refractivity contribution in [3.63, 3.8) is 0 Å². The first kappa shape index (κ1) is 37.6. The third-order valence-electron chi connectivity index (χ3n) is 14.1. The van der Waals surface area contributed by atoms with Gasteiger partial charge in [0.1, 0.15) is 0 Å². The molecule has 10 aromatic rings. The van der Waals surface area contributed by atoms with Crippen molar-refractivity contribution >= 4 is 33.0 Å². The molecule has 0 amide bonds. The maximum absolute atomic E-state index is 5.09. The number of fused-ring (bicyclic) bond motifs is 8. The minimum absolute atomic E-state index is 0.0603. The second kappa shape index (κ2) is 15.1. The summed E-state index contributed by atoms with van der Waals surface area (Å²) in [5.41, 5.74) is 18.7. The van der Waals surface area contributed by atoms with Crippen LogP contribution in [0.15, 0.2) is 212 Å². The smallest absolute Gasteiger partial charge is 0.164 e. The highest BCUT2D eigenvalue weighted by atomic mass is 15.0. The lowest BCUT2D eigenvalue weighted by Crippen LogP contribution is -2.07. The van der Waals surface area contributed by atoms with Gasteiger partial charge in [-0.25, -0.2) is 15.0 Å². The summed E-state index contributed by atoms with van der Waals surface area (Å²) in [6, 6.07) is 72.8. The van der Waals surface area contributed by atoms with Gasteiger partial charge in [0.2, 0.25) is 0 Å². The molecule has 2 aromatic heterocycles. The summed E-state index contributed by atoms with van der Waals surface area (Å²) >= 11 is 0. The molecule has 13 rings (SSSR count). The molecular weight excluding hydrogens is 789 g/mol. The Labute approximate surface area is 379 Å². The van der Waals surface area contributed by atoms with Crippen LogP contribution < -0.4 is 0 Å². The van der Waals surface area contributed by atoms with Crippen LogP contribution in [0.4, 0.5) is 0 Å². The molecule has 4 heteroatoms. The van der Waals surface area contributed by atoms with Crippen LogP contribution in [-0.2, 0) is 5.41 Å². The summed E-state index contributed by atoms with van der Waals surface area (Å²) < 4.78 is 2.44. The second-order valence-corrected chi connectivity index (χ2v) is 17.8. The van der Waals surface area contributed by atoms with E-state index in [-0.39, 0.29) is 5.41 Å². The Morgan fingerprint density at radius 1 is 0.462 bits per heavy atom. The lowest BCUT2D eigenvalue weighted by molar-refractivity contribution is 0.829. The average molecular weight is 833 g/mol. The van der Waals surface area contributed by atoms with Crippen LogP contribution in [0, 0.1) is 0 Å².